The van der Waals surface area contributed by atoms with Gasteiger partial charge >= 0.3 is 0 Å². The number of hydrogen-bond acceptors (Lipinski definition) is 2. The van der Waals surface area contributed by atoms with E-state index < -0.39 is 0 Å². The molecule has 4 heteroatoms. The Hall–Kier alpha value is -0.930. The number of alkyl halides is 1. The Labute approximate surface area is 116 Å². The largest absolute Gasteiger partial charge is 0.271 e. The second kappa shape index (κ2) is 4.98. The van der Waals surface area contributed by atoms with Crippen LogP contribution in [0.3, 0.4) is 0 Å². The quantitative estimate of drug-likeness (QED) is 0.793. The summed E-state index contributed by atoms with van der Waals surface area (Å²) in [5, 5.41) is 5.00. The van der Waals surface area contributed by atoms with Crippen molar-refractivity contribution < 1.29 is 0 Å². The van der Waals surface area contributed by atoms with E-state index in [1.54, 1.807) is 0 Å². The maximum absolute atomic E-state index is 6.05. The van der Waals surface area contributed by atoms with E-state index in [4.69, 9.17) is 11.6 Å². The molecule has 0 saturated heterocycles. The average molecular weight is 279 g/mol. The van der Waals surface area contributed by atoms with Crippen molar-refractivity contribution in [2.45, 2.75) is 35.4 Å². The van der Waals surface area contributed by atoms with Gasteiger partial charge in [0.1, 0.15) is 0 Å². The van der Waals surface area contributed by atoms with Crippen LogP contribution < -0.4 is 0 Å². The average Bonchev–Trinajstić information content (AvgIpc) is 2.94. The molecule has 0 aliphatic carbocycles. The molecule has 0 bridgehead atoms. The summed E-state index contributed by atoms with van der Waals surface area (Å²) in [4.78, 5) is 1.42. The minimum absolute atomic E-state index is 0.0344. The maximum atomic E-state index is 6.05. The number of benzene rings is 1. The van der Waals surface area contributed by atoms with Crippen LogP contribution in [0.1, 0.15) is 23.4 Å². The molecule has 0 saturated carbocycles. The van der Waals surface area contributed by atoms with Crippen LogP contribution in [0.25, 0.3) is 0 Å². The van der Waals surface area contributed by atoms with Crippen molar-refractivity contribution in [3.05, 3.63) is 47.8 Å². The topological polar surface area (TPSA) is 17.8 Å². The molecule has 1 aromatic carbocycles. The summed E-state index contributed by atoms with van der Waals surface area (Å²) in [7, 11) is 0. The molecule has 94 valence electrons. The first-order valence-electron chi connectivity index (χ1n) is 6.13. The van der Waals surface area contributed by atoms with Crippen molar-refractivity contribution in [1.82, 2.24) is 9.78 Å². The number of aromatic nitrogens is 2. The highest BCUT2D eigenvalue weighted by molar-refractivity contribution is 8.00. The lowest BCUT2D eigenvalue weighted by molar-refractivity contribution is 0.594. The summed E-state index contributed by atoms with van der Waals surface area (Å²) in [6.07, 6.45) is 5.05. The Morgan fingerprint density at radius 3 is 3.06 bits per heavy atom. The van der Waals surface area contributed by atoms with Crippen molar-refractivity contribution in [2.75, 3.05) is 0 Å². The zero-order valence-electron chi connectivity index (χ0n) is 10.2. The molecule has 1 aliphatic rings. The highest BCUT2D eigenvalue weighted by Crippen LogP contribution is 2.37. The Morgan fingerprint density at radius 2 is 2.33 bits per heavy atom. The van der Waals surface area contributed by atoms with Crippen molar-refractivity contribution in [2.24, 2.45) is 0 Å². The second-order valence-corrected chi connectivity index (χ2v) is 6.66. The number of hydrogen-bond donors (Lipinski definition) is 0. The number of fused-ring (bicyclic) bond motifs is 1. The van der Waals surface area contributed by atoms with Crippen molar-refractivity contribution in [3.8, 4) is 0 Å². The van der Waals surface area contributed by atoms with Gasteiger partial charge in [0.25, 0.3) is 0 Å². The summed E-state index contributed by atoms with van der Waals surface area (Å²) in [5.74, 6) is 0. The van der Waals surface area contributed by atoms with Crippen molar-refractivity contribution in [3.63, 3.8) is 0 Å². The number of halogens is 1. The summed E-state index contributed by atoms with van der Waals surface area (Å²) >= 11 is 8.00. The van der Waals surface area contributed by atoms with Crippen molar-refractivity contribution in [1.29, 1.82) is 0 Å². The first-order valence-corrected chi connectivity index (χ1v) is 7.45. The Morgan fingerprint density at radius 1 is 1.50 bits per heavy atom. The molecule has 2 aromatic rings. The van der Waals surface area contributed by atoms with E-state index in [-0.39, 0.29) is 5.38 Å². The number of rotatable bonds is 3. The fourth-order valence-corrected chi connectivity index (χ4v) is 3.67. The lowest BCUT2D eigenvalue weighted by atomic mass is 10.1. The molecule has 3 rings (SSSR count). The lowest BCUT2D eigenvalue weighted by Crippen LogP contribution is -2.12. The predicted octanol–water partition coefficient (Wildman–Crippen LogP) is 3.90. The molecule has 0 fully saturated rings. The van der Waals surface area contributed by atoms with Gasteiger partial charge in [-0.25, -0.2) is 0 Å². The summed E-state index contributed by atoms with van der Waals surface area (Å²) < 4.78 is 2.01. The normalized spacial score (nSPS) is 19.8. The standard InChI is InChI=1S/C14H15ClN2S/c1-10(15)12-7-16-17(8-12)9-13-6-11-4-2-3-5-14(11)18-13/h2-5,7-8,10,13H,6,9H2,1H3. The van der Waals surface area contributed by atoms with Gasteiger partial charge in [-0.15, -0.1) is 23.4 Å². The third kappa shape index (κ3) is 2.43. The molecular formula is C14H15ClN2S. The van der Waals surface area contributed by atoms with Gasteiger partial charge in [0.2, 0.25) is 0 Å². The summed E-state index contributed by atoms with van der Waals surface area (Å²) in [6.45, 7) is 2.92. The summed E-state index contributed by atoms with van der Waals surface area (Å²) in [5.41, 5.74) is 2.56. The van der Waals surface area contributed by atoms with Gasteiger partial charge in [-0.3, -0.25) is 4.68 Å². The Kier molecular flexibility index (Phi) is 3.35. The Bertz CT molecular complexity index is 525. The molecular weight excluding hydrogens is 264 g/mol. The van der Waals surface area contributed by atoms with Gasteiger partial charge in [-0.2, -0.15) is 5.10 Å². The fourth-order valence-electron chi connectivity index (χ4n) is 2.25. The van der Waals surface area contributed by atoms with E-state index >= 15 is 0 Å². The molecule has 2 atom stereocenters. The molecule has 2 nitrogen and oxygen atoms in total. The molecule has 0 N–H and O–H groups in total. The number of nitrogens with zero attached hydrogens (tertiary/aromatic N) is 2. The molecule has 0 radical (unpaired) electrons. The van der Waals surface area contributed by atoms with E-state index in [0.717, 1.165) is 18.5 Å². The van der Waals surface area contributed by atoms with E-state index in [2.05, 4.69) is 35.6 Å². The van der Waals surface area contributed by atoms with Crippen LogP contribution in [-0.4, -0.2) is 15.0 Å². The van der Waals surface area contributed by atoms with Gasteiger partial charge in [0.15, 0.2) is 0 Å². The minimum atomic E-state index is 0.0344. The molecule has 2 unspecified atom stereocenters. The van der Waals surface area contributed by atoms with Crippen LogP contribution in [0.15, 0.2) is 41.6 Å². The van der Waals surface area contributed by atoms with Crippen LogP contribution >= 0.6 is 23.4 Å². The zero-order valence-corrected chi connectivity index (χ0v) is 11.8. The van der Waals surface area contributed by atoms with E-state index in [1.165, 1.54) is 10.5 Å². The lowest BCUT2D eigenvalue weighted by Gasteiger charge is -2.08. The van der Waals surface area contributed by atoms with Crippen LogP contribution in [-0.2, 0) is 13.0 Å². The predicted molar refractivity (Wildman–Crippen MR) is 76.3 cm³/mol. The number of thioether (sulfide) groups is 1. The van der Waals surface area contributed by atoms with Gasteiger partial charge < -0.3 is 0 Å². The first kappa shape index (κ1) is 12.1. The molecule has 1 aliphatic heterocycles. The first-order chi connectivity index (χ1) is 8.72. The molecule has 2 heterocycles. The monoisotopic (exact) mass is 278 g/mol. The molecule has 0 amide bonds. The van der Waals surface area contributed by atoms with Crippen LogP contribution in [0, 0.1) is 0 Å². The highest BCUT2D eigenvalue weighted by atomic mass is 35.5. The molecule has 1 aromatic heterocycles. The third-order valence-electron chi connectivity index (χ3n) is 3.22. The zero-order chi connectivity index (χ0) is 12.5. The van der Waals surface area contributed by atoms with Crippen molar-refractivity contribution >= 4 is 23.4 Å². The van der Waals surface area contributed by atoms with Gasteiger partial charge in [-0.1, -0.05) is 18.2 Å². The SMILES string of the molecule is CC(Cl)c1cnn(CC2Cc3ccccc3S2)c1. The van der Waals surface area contributed by atoms with E-state index in [0.29, 0.717) is 5.25 Å². The van der Waals surface area contributed by atoms with Gasteiger partial charge in [-0.05, 0) is 25.0 Å². The maximum Gasteiger partial charge on any atom is 0.0588 e. The van der Waals surface area contributed by atoms with E-state index in [9.17, 15) is 0 Å². The Balaban J connectivity index is 1.68. The molecule has 0 spiro atoms. The third-order valence-corrected chi connectivity index (χ3v) is 4.77. The van der Waals surface area contributed by atoms with Crippen LogP contribution in [0.5, 0.6) is 0 Å². The fraction of sp³-hybridized carbons (Fsp3) is 0.357. The van der Waals surface area contributed by atoms with Crippen LogP contribution in [0.2, 0.25) is 0 Å². The second-order valence-electron chi connectivity index (χ2n) is 4.66. The minimum Gasteiger partial charge on any atom is -0.271 e. The van der Waals surface area contributed by atoms with Crippen LogP contribution in [0.4, 0.5) is 0 Å². The molecule has 18 heavy (non-hydrogen) atoms. The summed E-state index contributed by atoms with van der Waals surface area (Å²) in [6, 6.07) is 8.64. The smallest absolute Gasteiger partial charge is 0.0588 e. The van der Waals surface area contributed by atoms with Gasteiger partial charge in [0, 0.05) is 21.9 Å². The van der Waals surface area contributed by atoms with Gasteiger partial charge in [0.05, 0.1) is 18.1 Å². The highest BCUT2D eigenvalue weighted by Gasteiger charge is 2.22. The van der Waals surface area contributed by atoms with E-state index in [1.807, 2.05) is 29.6 Å².